The molecule has 0 saturated carbocycles. The van der Waals surface area contributed by atoms with E-state index in [-0.39, 0.29) is 11.4 Å². The molecule has 164 valence electrons. The summed E-state index contributed by atoms with van der Waals surface area (Å²) < 4.78 is 16.9. The van der Waals surface area contributed by atoms with E-state index >= 15 is 0 Å². The van der Waals surface area contributed by atoms with Gasteiger partial charge in [-0.05, 0) is 80.7 Å². The van der Waals surface area contributed by atoms with Crippen molar-refractivity contribution >= 4 is 10.9 Å². The molecule has 32 heavy (non-hydrogen) atoms. The van der Waals surface area contributed by atoms with E-state index in [0.717, 1.165) is 40.8 Å². The van der Waals surface area contributed by atoms with Crippen molar-refractivity contribution in [3.8, 4) is 5.69 Å². The van der Waals surface area contributed by atoms with Crippen LogP contribution in [0.5, 0.6) is 0 Å². The Balaban J connectivity index is 1.34. The molecule has 0 aliphatic carbocycles. The summed E-state index contributed by atoms with van der Waals surface area (Å²) in [6.45, 7) is 4.27. The highest BCUT2D eigenvalue weighted by atomic mass is 19.1. The lowest BCUT2D eigenvalue weighted by Gasteiger charge is -2.14. The Kier molecular flexibility index (Phi) is 5.86. The van der Waals surface area contributed by atoms with Gasteiger partial charge in [0.1, 0.15) is 5.82 Å². The summed E-state index contributed by atoms with van der Waals surface area (Å²) in [5, 5.41) is 5.61. The van der Waals surface area contributed by atoms with Crippen molar-refractivity contribution in [1.29, 1.82) is 0 Å². The van der Waals surface area contributed by atoms with E-state index in [2.05, 4.69) is 20.7 Å². The van der Waals surface area contributed by atoms with Crippen molar-refractivity contribution in [2.45, 2.75) is 32.2 Å². The number of fused-ring (bicyclic) bond motifs is 1. The topological polar surface area (TPSA) is 43.1 Å². The molecule has 1 aliphatic rings. The van der Waals surface area contributed by atoms with Gasteiger partial charge >= 0.3 is 0 Å². The Morgan fingerprint density at radius 2 is 1.75 bits per heavy atom. The third-order valence-electron chi connectivity index (χ3n) is 6.35. The Hall–Kier alpha value is -3.25. The van der Waals surface area contributed by atoms with Crippen LogP contribution in [0.3, 0.4) is 0 Å². The summed E-state index contributed by atoms with van der Waals surface area (Å²) in [5.41, 5.74) is 3.68. The highest BCUT2D eigenvalue weighted by Crippen LogP contribution is 2.19. The molecule has 0 bridgehead atoms. The summed E-state index contributed by atoms with van der Waals surface area (Å²) in [7, 11) is 0. The SMILES string of the molecule is O=c1c(CCc2ccc(F)cc2)cccn1-c1ccc2c(cnn2CCN2CCCC2)c1. The zero-order chi connectivity index (χ0) is 21.9. The quantitative estimate of drug-likeness (QED) is 0.441. The zero-order valence-corrected chi connectivity index (χ0v) is 18.1. The van der Waals surface area contributed by atoms with Crippen molar-refractivity contribution in [1.82, 2.24) is 19.2 Å². The van der Waals surface area contributed by atoms with E-state index in [1.54, 1.807) is 16.7 Å². The van der Waals surface area contributed by atoms with Crippen molar-refractivity contribution in [2.24, 2.45) is 0 Å². The van der Waals surface area contributed by atoms with Gasteiger partial charge in [-0.1, -0.05) is 18.2 Å². The third kappa shape index (κ3) is 4.36. The van der Waals surface area contributed by atoms with Gasteiger partial charge in [0.15, 0.2) is 0 Å². The molecule has 2 aromatic carbocycles. The van der Waals surface area contributed by atoms with E-state index in [1.807, 2.05) is 36.7 Å². The lowest BCUT2D eigenvalue weighted by molar-refractivity contribution is 0.318. The summed E-state index contributed by atoms with van der Waals surface area (Å²) in [5.74, 6) is -0.245. The number of aryl methyl sites for hydroxylation is 2. The van der Waals surface area contributed by atoms with Gasteiger partial charge in [0.05, 0.1) is 18.3 Å². The molecule has 5 rings (SSSR count). The average Bonchev–Trinajstić information content (AvgIpc) is 3.47. The molecule has 0 atom stereocenters. The Morgan fingerprint density at radius 1 is 0.938 bits per heavy atom. The van der Waals surface area contributed by atoms with Crippen LogP contribution >= 0.6 is 0 Å². The molecule has 4 aromatic rings. The van der Waals surface area contributed by atoms with E-state index in [4.69, 9.17) is 0 Å². The first-order chi connectivity index (χ1) is 15.7. The standard InChI is InChI=1S/C26H27FN4O/c27-23-9-6-20(7-10-23)5-8-21-4-3-15-30(26(21)32)24-11-12-25-22(18-24)19-28-31(25)17-16-29-13-1-2-14-29/h3-4,6-7,9-12,15,18-19H,1-2,5,8,13-14,16-17H2. The normalized spacial score (nSPS) is 14.4. The van der Waals surface area contributed by atoms with Crippen LogP contribution in [0.1, 0.15) is 24.0 Å². The maximum absolute atomic E-state index is 13.1. The smallest absolute Gasteiger partial charge is 0.258 e. The van der Waals surface area contributed by atoms with Gasteiger partial charge in [0.2, 0.25) is 0 Å². The Bertz CT molecular complexity index is 1270. The van der Waals surface area contributed by atoms with Crippen molar-refractivity contribution in [3.63, 3.8) is 0 Å². The van der Waals surface area contributed by atoms with Crippen LogP contribution < -0.4 is 5.56 Å². The van der Waals surface area contributed by atoms with Crippen molar-refractivity contribution in [2.75, 3.05) is 19.6 Å². The fraction of sp³-hybridized carbons (Fsp3) is 0.308. The molecular weight excluding hydrogens is 403 g/mol. The number of pyridine rings is 1. The van der Waals surface area contributed by atoms with Crippen LogP contribution in [0.2, 0.25) is 0 Å². The third-order valence-corrected chi connectivity index (χ3v) is 6.35. The van der Waals surface area contributed by atoms with E-state index in [1.165, 1.54) is 38.1 Å². The minimum Gasteiger partial charge on any atom is -0.301 e. The molecule has 0 N–H and O–H groups in total. The van der Waals surface area contributed by atoms with Crippen molar-refractivity contribution < 1.29 is 4.39 Å². The highest BCUT2D eigenvalue weighted by molar-refractivity contribution is 5.80. The summed E-state index contributed by atoms with van der Waals surface area (Å²) in [6, 6.07) is 16.3. The highest BCUT2D eigenvalue weighted by Gasteiger charge is 2.13. The lowest BCUT2D eigenvalue weighted by Crippen LogP contribution is -2.24. The number of likely N-dealkylation sites (tertiary alicyclic amines) is 1. The first-order valence-electron chi connectivity index (χ1n) is 11.3. The Labute approximate surface area is 186 Å². The number of hydrogen-bond acceptors (Lipinski definition) is 3. The summed E-state index contributed by atoms with van der Waals surface area (Å²) >= 11 is 0. The van der Waals surface area contributed by atoms with Gasteiger partial charge < -0.3 is 4.90 Å². The van der Waals surface area contributed by atoms with Crippen LogP contribution in [-0.4, -0.2) is 38.9 Å². The van der Waals surface area contributed by atoms with Crippen LogP contribution in [0.4, 0.5) is 4.39 Å². The zero-order valence-electron chi connectivity index (χ0n) is 18.1. The predicted octanol–water partition coefficient (Wildman–Crippen LogP) is 4.21. The maximum Gasteiger partial charge on any atom is 0.258 e. The predicted molar refractivity (Wildman–Crippen MR) is 125 cm³/mol. The van der Waals surface area contributed by atoms with Gasteiger partial charge in [0.25, 0.3) is 5.56 Å². The molecule has 0 unspecified atom stereocenters. The van der Waals surface area contributed by atoms with Gasteiger partial charge in [0, 0.05) is 29.4 Å². The maximum atomic E-state index is 13.1. The van der Waals surface area contributed by atoms with Crippen LogP contribution in [0, 0.1) is 5.82 Å². The number of nitrogens with zero attached hydrogens (tertiary/aromatic N) is 4. The number of aromatic nitrogens is 3. The van der Waals surface area contributed by atoms with Gasteiger partial charge in [-0.15, -0.1) is 0 Å². The molecule has 6 heteroatoms. The minimum atomic E-state index is -0.245. The van der Waals surface area contributed by atoms with E-state index < -0.39 is 0 Å². The van der Waals surface area contributed by atoms with Gasteiger partial charge in [-0.25, -0.2) is 4.39 Å². The van der Waals surface area contributed by atoms with Crippen LogP contribution in [0.25, 0.3) is 16.6 Å². The fourth-order valence-corrected chi connectivity index (χ4v) is 4.51. The molecular formula is C26H27FN4O. The largest absolute Gasteiger partial charge is 0.301 e. The molecule has 1 fully saturated rings. The molecule has 1 saturated heterocycles. The second-order valence-corrected chi connectivity index (χ2v) is 8.49. The Morgan fingerprint density at radius 3 is 2.56 bits per heavy atom. The lowest BCUT2D eigenvalue weighted by atomic mass is 10.1. The van der Waals surface area contributed by atoms with Crippen molar-refractivity contribution in [3.05, 3.63) is 94.3 Å². The molecule has 0 spiro atoms. The van der Waals surface area contributed by atoms with E-state index in [9.17, 15) is 9.18 Å². The minimum absolute atomic E-state index is 0.0182. The number of hydrogen-bond donors (Lipinski definition) is 0. The second-order valence-electron chi connectivity index (χ2n) is 8.49. The van der Waals surface area contributed by atoms with Gasteiger partial charge in [-0.2, -0.15) is 5.10 Å². The molecule has 0 radical (unpaired) electrons. The van der Waals surface area contributed by atoms with Gasteiger partial charge in [-0.3, -0.25) is 14.0 Å². The van der Waals surface area contributed by atoms with Crippen LogP contribution in [-0.2, 0) is 19.4 Å². The monoisotopic (exact) mass is 430 g/mol. The molecule has 3 heterocycles. The average molecular weight is 431 g/mol. The molecule has 0 amide bonds. The summed E-state index contributed by atoms with van der Waals surface area (Å²) in [4.78, 5) is 15.6. The van der Waals surface area contributed by atoms with Crippen LogP contribution in [0.15, 0.2) is 71.8 Å². The number of halogens is 1. The number of rotatable bonds is 7. The molecule has 5 nitrogen and oxygen atoms in total. The molecule has 1 aliphatic heterocycles. The first-order valence-corrected chi connectivity index (χ1v) is 11.3. The van der Waals surface area contributed by atoms with E-state index in [0.29, 0.717) is 12.8 Å². The second kappa shape index (κ2) is 9.09. The fourth-order valence-electron chi connectivity index (χ4n) is 4.51. The molecule has 2 aromatic heterocycles. The number of benzene rings is 2. The summed E-state index contributed by atoms with van der Waals surface area (Å²) in [6.07, 6.45) is 7.58. The first kappa shape index (κ1) is 20.6.